The maximum atomic E-state index is 12.4. The fourth-order valence-corrected chi connectivity index (χ4v) is 3.33. The van der Waals surface area contributed by atoms with Gasteiger partial charge in [0.1, 0.15) is 5.75 Å². The third kappa shape index (κ3) is 4.98. The summed E-state index contributed by atoms with van der Waals surface area (Å²) >= 11 is 0. The molecule has 0 unspecified atom stereocenters. The summed E-state index contributed by atoms with van der Waals surface area (Å²) in [5.41, 5.74) is 0.600. The van der Waals surface area contributed by atoms with Gasteiger partial charge in [-0.05, 0) is 68.7 Å². The number of rotatable bonds is 8. The standard InChI is InChI=1S/C19H23NO5S/c1-19(2,18(21)22)13-12-14-4-6-15(7-5-14)20-26(23,24)17-10-8-16(25-3)9-11-17/h4-11,20H,12-13H2,1-3H3,(H,21,22). The van der Waals surface area contributed by atoms with Gasteiger partial charge >= 0.3 is 5.97 Å². The minimum Gasteiger partial charge on any atom is -0.497 e. The Balaban J connectivity index is 2.04. The van der Waals surface area contributed by atoms with Crippen LogP contribution in [0.1, 0.15) is 25.8 Å². The number of ether oxygens (including phenoxy) is 1. The maximum absolute atomic E-state index is 12.4. The van der Waals surface area contributed by atoms with Gasteiger partial charge in [0, 0.05) is 5.69 Å². The van der Waals surface area contributed by atoms with Crippen molar-refractivity contribution in [2.75, 3.05) is 11.8 Å². The smallest absolute Gasteiger partial charge is 0.309 e. The van der Waals surface area contributed by atoms with Crippen molar-refractivity contribution in [1.29, 1.82) is 0 Å². The van der Waals surface area contributed by atoms with Gasteiger partial charge in [-0.15, -0.1) is 0 Å². The van der Waals surface area contributed by atoms with Gasteiger partial charge in [0.25, 0.3) is 10.0 Å². The van der Waals surface area contributed by atoms with E-state index in [1.54, 1.807) is 50.2 Å². The Morgan fingerprint density at radius 3 is 2.15 bits per heavy atom. The summed E-state index contributed by atoms with van der Waals surface area (Å²) in [4.78, 5) is 11.3. The third-order valence-electron chi connectivity index (χ3n) is 4.19. The number of hydrogen-bond donors (Lipinski definition) is 2. The van der Waals surface area contributed by atoms with Crippen molar-refractivity contribution in [2.24, 2.45) is 5.41 Å². The number of hydrogen-bond acceptors (Lipinski definition) is 4. The summed E-state index contributed by atoms with van der Waals surface area (Å²) in [5, 5.41) is 9.15. The Kier molecular flexibility index (Phi) is 5.92. The lowest BCUT2D eigenvalue weighted by Crippen LogP contribution is -2.24. The quantitative estimate of drug-likeness (QED) is 0.734. The van der Waals surface area contributed by atoms with Gasteiger partial charge in [-0.25, -0.2) is 8.42 Å². The summed E-state index contributed by atoms with van der Waals surface area (Å²) in [6, 6.07) is 13.1. The van der Waals surface area contributed by atoms with Crippen molar-refractivity contribution in [3.63, 3.8) is 0 Å². The zero-order valence-corrected chi connectivity index (χ0v) is 15.8. The summed E-state index contributed by atoms with van der Waals surface area (Å²) in [6.45, 7) is 3.37. The summed E-state index contributed by atoms with van der Waals surface area (Å²) in [7, 11) is -2.17. The van der Waals surface area contributed by atoms with Gasteiger partial charge in [0.05, 0.1) is 17.4 Å². The largest absolute Gasteiger partial charge is 0.497 e. The van der Waals surface area contributed by atoms with Crippen molar-refractivity contribution >= 4 is 21.7 Å². The number of sulfonamides is 1. The monoisotopic (exact) mass is 377 g/mol. The molecule has 0 bridgehead atoms. The maximum Gasteiger partial charge on any atom is 0.309 e. The summed E-state index contributed by atoms with van der Waals surface area (Å²) in [5.74, 6) is -0.251. The highest BCUT2D eigenvalue weighted by Crippen LogP contribution is 2.24. The van der Waals surface area contributed by atoms with E-state index in [0.717, 1.165) is 5.56 Å². The predicted molar refractivity (Wildman–Crippen MR) is 100.0 cm³/mol. The van der Waals surface area contributed by atoms with Crippen LogP contribution >= 0.6 is 0 Å². The first kappa shape index (κ1) is 19.8. The van der Waals surface area contributed by atoms with Gasteiger partial charge in [-0.3, -0.25) is 9.52 Å². The molecule has 6 nitrogen and oxygen atoms in total. The summed E-state index contributed by atoms with van der Waals surface area (Å²) < 4.78 is 32.4. The van der Waals surface area contributed by atoms with Crippen LogP contribution < -0.4 is 9.46 Å². The molecule has 26 heavy (non-hydrogen) atoms. The van der Waals surface area contributed by atoms with E-state index in [2.05, 4.69) is 4.72 Å². The van der Waals surface area contributed by atoms with Crippen molar-refractivity contribution < 1.29 is 23.1 Å². The molecule has 0 radical (unpaired) electrons. The Morgan fingerprint density at radius 1 is 1.08 bits per heavy atom. The Hall–Kier alpha value is -2.54. The molecule has 0 aliphatic carbocycles. The van der Waals surface area contributed by atoms with Crippen LogP contribution in [0.4, 0.5) is 5.69 Å². The molecule has 0 fully saturated rings. The lowest BCUT2D eigenvalue weighted by atomic mass is 9.86. The van der Waals surface area contributed by atoms with Crippen molar-refractivity contribution in [3.8, 4) is 5.75 Å². The first-order valence-electron chi connectivity index (χ1n) is 8.13. The average Bonchev–Trinajstić information content (AvgIpc) is 2.61. The van der Waals surface area contributed by atoms with Crippen LogP contribution in [-0.4, -0.2) is 26.6 Å². The molecule has 2 aromatic carbocycles. The van der Waals surface area contributed by atoms with Crippen molar-refractivity contribution in [2.45, 2.75) is 31.6 Å². The number of carboxylic acids is 1. The number of methoxy groups -OCH3 is 1. The molecule has 0 amide bonds. The number of nitrogens with one attached hydrogen (secondary N) is 1. The normalized spacial score (nSPS) is 11.8. The van der Waals surface area contributed by atoms with Crippen LogP contribution in [0.25, 0.3) is 0 Å². The fraction of sp³-hybridized carbons (Fsp3) is 0.316. The van der Waals surface area contributed by atoms with E-state index >= 15 is 0 Å². The topological polar surface area (TPSA) is 92.7 Å². The second kappa shape index (κ2) is 7.78. The average molecular weight is 377 g/mol. The highest BCUT2D eigenvalue weighted by atomic mass is 32.2. The zero-order chi connectivity index (χ0) is 19.4. The second-order valence-corrected chi connectivity index (χ2v) is 8.35. The molecule has 0 aliphatic rings. The molecular formula is C19H23NO5S. The van der Waals surface area contributed by atoms with E-state index < -0.39 is 21.4 Å². The van der Waals surface area contributed by atoms with Gasteiger partial charge in [-0.2, -0.15) is 0 Å². The van der Waals surface area contributed by atoms with E-state index in [1.165, 1.54) is 19.2 Å². The zero-order valence-electron chi connectivity index (χ0n) is 15.0. The van der Waals surface area contributed by atoms with Crippen LogP contribution in [0.5, 0.6) is 5.75 Å². The number of benzene rings is 2. The molecule has 0 saturated heterocycles. The molecule has 0 aliphatic heterocycles. The predicted octanol–water partition coefficient (Wildman–Crippen LogP) is 3.54. The molecule has 2 aromatic rings. The SMILES string of the molecule is COc1ccc(S(=O)(=O)Nc2ccc(CCC(C)(C)C(=O)O)cc2)cc1. The first-order chi connectivity index (χ1) is 12.1. The van der Waals surface area contributed by atoms with Crippen LogP contribution in [0.2, 0.25) is 0 Å². The third-order valence-corrected chi connectivity index (χ3v) is 5.59. The molecule has 0 heterocycles. The molecule has 0 saturated carbocycles. The van der Waals surface area contributed by atoms with Gasteiger partial charge in [0.15, 0.2) is 0 Å². The van der Waals surface area contributed by atoms with Gasteiger partial charge < -0.3 is 9.84 Å². The molecule has 0 atom stereocenters. The van der Waals surface area contributed by atoms with Crippen molar-refractivity contribution in [3.05, 3.63) is 54.1 Å². The number of carboxylic acid groups (broad SMARTS) is 1. The molecule has 0 aromatic heterocycles. The van der Waals surface area contributed by atoms with E-state index in [1.807, 2.05) is 0 Å². The molecular weight excluding hydrogens is 354 g/mol. The Morgan fingerprint density at radius 2 is 1.65 bits per heavy atom. The highest BCUT2D eigenvalue weighted by Gasteiger charge is 2.26. The summed E-state index contributed by atoms with van der Waals surface area (Å²) in [6.07, 6.45) is 1.10. The van der Waals surface area contributed by atoms with Crippen LogP contribution in [0.3, 0.4) is 0 Å². The number of aryl methyl sites for hydroxylation is 1. The highest BCUT2D eigenvalue weighted by molar-refractivity contribution is 7.92. The lowest BCUT2D eigenvalue weighted by Gasteiger charge is -2.18. The fourth-order valence-electron chi connectivity index (χ4n) is 2.27. The second-order valence-electron chi connectivity index (χ2n) is 6.67. The number of carbonyl (C=O) groups is 1. The van der Waals surface area contributed by atoms with E-state index in [4.69, 9.17) is 9.84 Å². The minimum atomic E-state index is -3.68. The number of anilines is 1. The van der Waals surface area contributed by atoms with E-state index in [-0.39, 0.29) is 4.90 Å². The lowest BCUT2D eigenvalue weighted by molar-refractivity contribution is -0.147. The molecule has 7 heteroatoms. The molecule has 0 spiro atoms. The van der Waals surface area contributed by atoms with E-state index in [0.29, 0.717) is 24.3 Å². The molecule has 2 rings (SSSR count). The van der Waals surface area contributed by atoms with Crippen LogP contribution in [-0.2, 0) is 21.2 Å². The van der Waals surface area contributed by atoms with E-state index in [9.17, 15) is 13.2 Å². The first-order valence-corrected chi connectivity index (χ1v) is 9.61. The minimum absolute atomic E-state index is 0.144. The Labute approximate surface area is 153 Å². The van der Waals surface area contributed by atoms with Crippen molar-refractivity contribution in [1.82, 2.24) is 0 Å². The van der Waals surface area contributed by atoms with Crippen LogP contribution in [0.15, 0.2) is 53.4 Å². The molecule has 2 N–H and O–H groups in total. The van der Waals surface area contributed by atoms with Gasteiger partial charge in [0.2, 0.25) is 0 Å². The van der Waals surface area contributed by atoms with Gasteiger partial charge in [-0.1, -0.05) is 12.1 Å². The van der Waals surface area contributed by atoms with Crippen LogP contribution in [0, 0.1) is 5.41 Å². The Bertz CT molecular complexity index is 856. The molecule has 140 valence electrons. The number of aliphatic carboxylic acids is 1.